The van der Waals surface area contributed by atoms with Crippen molar-refractivity contribution in [2.24, 2.45) is 0 Å². The molecule has 5 aromatic carbocycles. The van der Waals surface area contributed by atoms with Gasteiger partial charge in [0.2, 0.25) is 0 Å². The quantitative estimate of drug-likeness (QED) is 0.200. The van der Waals surface area contributed by atoms with E-state index in [1.54, 1.807) is 0 Å². The number of hydrogen-bond acceptors (Lipinski definition) is 3. The van der Waals surface area contributed by atoms with E-state index in [1.165, 1.54) is 10.9 Å². The third-order valence-corrected chi connectivity index (χ3v) is 8.20. The maximum Gasteiger partial charge on any atom is 0.138 e. The first-order valence-corrected chi connectivity index (χ1v) is 14.7. The predicted molar refractivity (Wildman–Crippen MR) is 177 cm³/mol. The van der Waals surface area contributed by atoms with Crippen LogP contribution in [0.25, 0.3) is 72.0 Å². The van der Waals surface area contributed by atoms with Crippen molar-refractivity contribution in [3.8, 4) is 39.3 Å². The van der Waals surface area contributed by atoms with Crippen molar-refractivity contribution >= 4 is 32.7 Å². The SMILES string of the molecule is CCc1nc2ccccc2n1-c1ccc(-c2cccc(-c3cccc4c(-c5ccccc5)nc5ccccc5c34)c2)cn1. The molecule has 0 unspecified atom stereocenters. The largest absolute Gasteiger partial charge is 0.280 e. The van der Waals surface area contributed by atoms with Crippen LogP contribution in [0.3, 0.4) is 0 Å². The molecular weight excluding hydrogens is 524 g/mol. The molecule has 43 heavy (non-hydrogen) atoms. The number of fused-ring (bicyclic) bond motifs is 4. The second-order valence-corrected chi connectivity index (χ2v) is 10.8. The molecule has 0 N–H and O–H groups in total. The van der Waals surface area contributed by atoms with Gasteiger partial charge in [-0.3, -0.25) is 4.57 Å². The van der Waals surface area contributed by atoms with Crippen molar-refractivity contribution in [1.82, 2.24) is 19.5 Å². The summed E-state index contributed by atoms with van der Waals surface area (Å²) in [6, 6.07) is 46.7. The summed E-state index contributed by atoms with van der Waals surface area (Å²) in [5.41, 5.74) is 9.74. The molecule has 0 spiro atoms. The van der Waals surface area contributed by atoms with E-state index < -0.39 is 0 Å². The average Bonchev–Trinajstić information content (AvgIpc) is 3.47. The van der Waals surface area contributed by atoms with E-state index >= 15 is 0 Å². The van der Waals surface area contributed by atoms with Crippen molar-refractivity contribution < 1.29 is 0 Å². The van der Waals surface area contributed by atoms with Crippen LogP contribution in [0.4, 0.5) is 0 Å². The highest BCUT2D eigenvalue weighted by atomic mass is 15.1. The van der Waals surface area contributed by atoms with Gasteiger partial charge in [0.25, 0.3) is 0 Å². The highest BCUT2D eigenvalue weighted by Gasteiger charge is 2.15. The molecule has 3 aromatic heterocycles. The summed E-state index contributed by atoms with van der Waals surface area (Å²) in [4.78, 5) is 14.9. The summed E-state index contributed by atoms with van der Waals surface area (Å²) < 4.78 is 2.16. The lowest BCUT2D eigenvalue weighted by atomic mass is 9.92. The molecule has 0 saturated heterocycles. The van der Waals surface area contributed by atoms with Crippen LogP contribution in [-0.2, 0) is 6.42 Å². The molecule has 0 aliphatic rings. The summed E-state index contributed by atoms with van der Waals surface area (Å²) in [5, 5.41) is 3.53. The van der Waals surface area contributed by atoms with Gasteiger partial charge in [0.05, 0.1) is 22.2 Å². The Morgan fingerprint density at radius 3 is 2.12 bits per heavy atom. The number of benzene rings is 5. The number of pyridine rings is 2. The molecule has 0 fully saturated rings. The molecule has 4 nitrogen and oxygen atoms in total. The molecule has 204 valence electrons. The molecule has 0 amide bonds. The van der Waals surface area contributed by atoms with Gasteiger partial charge in [-0.25, -0.2) is 15.0 Å². The molecule has 0 atom stereocenters. The molecule has 8 aromatic rings. The summed E-state index contributed by atoms with van der Waals surface area (Å²) in [5.74, 6) is 1.89. The van der Waals surface area contributed by atoms with Crippen LogP contribution in [-0.4, -0.2) is 19.5 Å². The van der Waals surface area contributed by atoms with Crippen LogP contribution in [0, 0.1) is 0 Å². The topological polar surface area (TPSA) is 43.6 Å². The standard InChI is InChI=1S/C39H28N4/c1-2-36-41-34-20-8-9-21-35(34)43(36)37-23-22-29(25-40-37)27-14-10-15-28(24-27)30-17-11-18-32-38(30)31-16-6-7-19-33(31)42-39(32)26-12-4-3-5-13-26/h3-25H,2H2,1H3. The number of para-hydroxylation sites is 3. The van der Waals surface area contributed by atoms with E-state index in [-0.39, 0.29) is 0 Å². The lowest BCUT2D eigenvalue weighted by Gasteiger charge is -2.15. The van der Waals surface area contributed by atoms with Gasteiger partial charge in [0.1, 0.15) is 11.6 Å². The number of hydrogen-bond donors (Lipinski definition) is 0. The molecular formula is C39H28N4. The summed E-state index contributed by atoms with van der Waals surface area (Å²) in [6.45, 7) is 2.13. The Kier molecular flexibility index (Phi) is 6.04. The van der Waals surface area contributed by atoms with Crippen molar-refractivity contribution in [3.63, 3.8) is 0 Å². The van der Waals surface area contributed by atoms with Crippen LogP contribution in [0.5, 0.6) is 0 Å². The first kappa shape index (κ1) is 25.1. The zero-order chi connectivity index (χ0) is 28.8. The van der Waals surface area contributed by atoms with Crippen molar-refractivity contribution in [3.05, 3.63) is 145 Å². The van der Waals surface area contributed by atoms with E-state index in [4.69, 9.17) is 15.0 Å². The van der Waals surface area contributed by atoms with Gasteiger partial charge in [0.15, 0.2) is 0 Å². The van der Waals surface area contributed by atoms with Gasteiger partial charge in [-0.15, -0.1) is 0 Å². The average molecular weight is 553 g/mol. The van der Waals surface area contributed by atoms with E-state index in [0.717, 1.165) is 73.3 Å². The number of imidazole rings is 1. The maximum absolute atomic E-state index is 5.12. The van der Waals surface area contributed by atoms with Crippen LogP contribution in [0.15, 0.2) is 140 Å². The molecule has 0 aliphatic carbocycles. The Labute approximate surface area is 250 Å². The number of rotatable bonds is 5. The first-order chi connectivity index (χ1) is 21.3. The molecule has 0 radical (unpaired) electrons. The van der Waals surface area contributed by atoms with Crippen LogP contribution < -0.4 is 0 Å². The molecule has 4 heteroatoms. The zero-order valence-electron chi connectivity index (χ0n) is 23.8. The fourth-order valence-corrected chi connectivity index (χ4v) is 6.18. The second kappa shape index (κ2) is 10.3. The minimum Gasteiger partial charge on any atom is -0.280 e. The Hall–Kier alpha value is -5.61. The smallest absolute Gasteiger partial charge is 0.138 e. The Bertz CT molecular complexity index is 2260. The van der Waals surface area contributed by atoms with E-state index in [9.17, 15) is 0 Å². The Morgan fingerprint density at radius 2 is 1.28 bits per heavy atom. The molecule has 0 saturated carbocycles. The van der Waals surface area contributed by atoms with Gasteiger partial charge in [-0.05, 0) is 53.1 Å². The van der Waals surface area contributed by atoms with E-state index in [0.29, 0.717) is 0 Å². The molecule has 3 heterocycles. The molecule has 0 bridgehead atoms. The Balaban J connectivity index is 1.25. The summed E-state index contributed by atoms with van der Waals surface area (Å²) in [7, 11) is 0. The minimum atomic E-state index is 0.835. The number of aromatic nitrogens is 4. The van der Waals surface area contributed by atoms with Crippen molar-refractivity contribution in [1.29, 1.82) is 0 Å². The first-order valence-electron chi connectivity index (χ1n) is 14.7. The van der Waals surface area contributed by atoms with Crippen molar-refractivity contribution in [2.45, 2.75) is 13.3 Å². The van der Waals surface area contributed by atoms with Gasteiger partial charge in [-0.2, -0.15) is 0 Å². The maximum atomic E-state index is 5.12. The van der Waals surface area contributed by atoms with Crippen LogP contribution in [0.1, 0.15) is 12.7 Å². The van der Waals surface area contributed by atoms with Crippen LogP contribution >= 0.6 is 0 Å². The van der Waals surface area contributed by atoms with Gasteiger partial charge < -0.3 is 0 Å². The summed E-state index contributed by atoms with van der Waals surface area (Å²) >= 11 is 0. The fourth-order valence-electron chi connectivity index (χ4n) is 6.18. The van der Waals surface area contributed by atoms with E-state index in [2.05, 4.69) is 133 Å². The third-order valence-electron chi connectivity index (χ3n) is 8.20. The highest BCUT2D eigenvalue weighted by Crippen LogP contribution is 2.39. The predicted octanol–water partition coefficient (Wildman–Crippen LogP) is 9.69. The highest BCUT2D eigenvalue weighted by molar-refractivity contribution is 6.17. The van der Waals surface area contributed by atoms with E-state index in [1.807, 2.05) is 18.3 Å². The summed E-state index contributed by atoms with van der Waals surface area (Å²) in [6.07, 6.45) is 2.81. The molecule has 8 rings (SSSR count). The fraction of sp³-hybridized carbons (Fsp3) is 0.0513. The normalized spacial score (nSPS) is 11.5. The number of nitrogens with zero attached hydrogens (tertiary/aromatic N) is 4. The monoisotopic (exact) mass is 552 g/mol. The lowest BCUT2D eigenvalue weighted by molar-refractivity contribution is 0.885. The second-order valence-electron chi connectivity index (χ2n) is 10.8. The van der Waals surface area contributed by atoms with Gasteiger partial charge in [-0.1, -0.05) is 104 Å². The van der Waals surface area contributed by atoms with Crippen molar-refractivity contribution in [2.75, 3.05) is 0 Å². The molecule has 0 aliphatic heterocycles. The Morgan fingerprint density at radius 1 is 0.558 bits per heavy atom. The van der Waals surface area contributed by atoms with Crippen LogP contribution in [0.2, 0.25) is 0 Å². The number of aryl methyl sites for hydroxylation is 1. The zero-order valence-corrected chi connectivity index (χ0v) is 23.8. The van der Waals surface area contributed by atoms with Gasteiger partial charge in [0, 0.05) is 39.9 Å². The van der Waals surface area contributed by atoms with Gasteiger partial charge >= 0.3 is 0 Å². The lowest BCUT2D eigenvalue weighted by Crippen LogP contribution is -2.02. The minimum absolute atomic E-state index is 0.835. The third kappa shape index (κ3) is 4.27.